The molecule has 8 heteroatoms. The minimum atomic E-state index is -1.91. The van der Waals surface area contributed by atoms with Gasteiger partial charge in [-0.25, -0.2) is 4.79 Å². The second-order valence-electron chi connectivity index (χ2n) is 7.77. The Kier molecular flexibility index (Phi) is 7.31. The van der Waals surface area contributed by atoms with E-state index in [1.165, 1.54) is 11.8 Å². The van der Waals surface area contributed by atoms with Crippen LogP contribution in [0, 0.1) is 11.8 Å². The number of carbonyl (C=O) groups is 4. The maximum absolute atomic E-state index is 13.1. The molecule has 1 saturated heterocycles. The van der Waals surface area contributed by atoms with E-state index in [1.807, 2.05) is 0 Å². The van der Waals surface area contributed by atoms with E-state index >= 15 is 0 Å². The number of nitrogens with zero attached hydrogens (tertiary/aromatic N) is 1. The highest BCUT2D eigenvalue weighted by molar-refractivity contribution is 7.80. The first-order chi connectivity index (χ1) is 12.8. The number of carbonyl (C=O) groups excluding carboxylic acids is 3. The molecule has 0 bridgehead atoms. The van der Waals surface area contributed by atoms with Gasteiger partial charge in [0.1, 0.15) is 0 Å². The second-order valence-corrected chi connectivity index (χ2v) is 8.14. The van der Waals surface area contributed by atoms with E-state index in [-0.39, 0.29) is 36.5 Å². The molecule has 1 aliphatic carbocycles. The number of aliphatic carboxylic acids is 1. The lowest BCUT2D eigenvalue weighted by Crippen LogP contribution is -2.64. The maximum atomic E-state index is 13.1. The number of hydrogen-bond donors (Lipinski definition) is 3. The zero-order valence-electron chi connectivity index (χ0n) is 16.1. The first-order valence-electron chi connectivity index (χ1n) is 9.76. The fourth-order valence-electron chi connectivity index (χ4n) is 4.16. The summed E-state index contributed by atoms with van der Waals surface area (Å²) >= 11 is 4.12. The highest BCUT2D eigenvalue weighted by Crippen LogP contribution is 2.33. The molecule has 2 amide bonds. The monoisotopic (exact) mass is 398 g/mol. The highest BCUT2D eigenvalue weighted by atomic mass is 32.1. The number of thiol groups is 1. The molecule has 1 heterocycles. The smallest absolute Gasteiger partial charge is 0.337 e. The van der Waals surface area contributed by atoms with E-state index in [2.05, 4.69) is 17.9 Å². The van der Waals surface area contributed by atoms with Gasteiger partial charge >= 0.3 is 5.97 Å². The molecule has 2 N–H and O–H groups in total. The van der Waals surface area contributed by atoms with Gasteiger partial charge in [-0.15, -0.1) is 0 Å². The lowest BCUT2D eigenvalue weighted by Gasteiger charge is -2.36. The van der Waals surface area contributed by atoms with Gasteiger partial charge < -0.3 is 15.3 Å². The van der Waals surface area contributed by atoms with E-state index in [0.29, 0.717) is 6.42 Å². The fourth-order valence-corrected chi connectivity index (χ4v) is 4.32. The van der Waals surface area contributed by atoms with Crippen molar-refractivity contribution >= 4 is 36.2 Å². The molecule has 1 aliphatic heterocycles. The van der Waals surface area contributed by atoms with Gasteiger partial charge in [0, 0.05) is 24.1 Å². The van der Waals surface area contributed by atoms with Crippen molar-refractivity contribution in [3.63, 3.8) is 0 Å². The Labute approximate surface area is 165 Å². The first kappa shape index (κ1) is 21.7. The number of carboxylic acids is 1. The van der Waals surface area contributed by atoms with Crippen LogP contribution < -0.4 is 5.32 Å². The summed E-state index contributed by atoms with van der Waals surface area (Å²) in [6.45, 7) is 3.40. The third-order valence-corrected chi connectivity index (χ3v) is 6.38. The number of Topliss-reactive ketones (excluding diaryl/α,β-unsaturated/α-hetero) is 1. The van der Waals surface area contributed by atoms with E-state index < -0.39 is 29.3 Å². The van der Waals surface area contributed by atoms with Gasteiger partial charge in [-0.1, -0.05) is 26.2 Å². The molecule has 0 aromatic carbocycles. The Bertz CT molecular complexity index is 605. The summed E-state index contributed by atoms with van der Waals surface area (Å²) in [7, 11) is 0. The summed E-state index contributed by atoms with van der Waals surface area (Å²) in [5.74, 6) is -2.88. The van der Waals surface area contributed by atoms with Crippen LogP contribution in [0.2, 0.25) is 0 Å². The zero-order valence-corrected chi connectivity index (χ0v) is 17.0. The van der Waals surface area contributed by atoms with Crippen LogP contribution in [0.3, 0.4) is 0 Å². The Balaban J connectivity index is 2.18. The summed E-state index contributed by atoms with van der Waals surface area (Å²) < 4.78 is 0. The number of hydrogen-bond acceptors (Lipinski definition) is 5. The average molecular weight is 399 g/mol. The highest BCUT2D eigenvalue weighted by Gasteiger charge is 2.57. The van der Waals surface area contributed by atoms with Crippen molar-refractivity contribution in [1.82, 2.24) is 10.2 Å². The molecule has 1 unspecified atom stereocenters. The van der Waals surface area contributed by atoms with Crippen LogP contribution in [0.25, 0.3) is 0 Å². The third-order valence-electron chi connectivity index (χ3n) is 5.83. The number of nitrogens with one attached hydrogen (secondary N) is 1. The summed E-state index contributed by atoms with van der Waals surface area (Å²) in [4.78, 5) is 51.6. The number of amides is 2. The van der Waals surface area contributed by atoms with Crippen molar-refractivity contribution in [3.8, 4) is 0 Å². The van der Waals surface area contributed by atoms with Gasteiger partial charge in [0.15, 0.2) is 5.78 Å². The largest absolute Gasteiger partial charge is 0.479 e. The van der Waals surface area contributed by atoms with Gasteiger partial charge in [0.2, 0.25) is 17.4 Å². The number of ketones is 1. The lowest BCUT2D eigenvalue weighted by molar-refractivity contribution is -0.163. The maximum Gasteiger partial charge on any atom is 0.337 e. The van der Waals surface area contributed by atoms with E-state index in [0.717, 1.165) is 32.1 Å². The number of rotatable bonds is 7. The van der Waals surface area contributed by atoms with Gasteiger partial charge in [-0.05, 0) is 32.6 Å². The standard InChI is InChI=1S/C19H30N2O5S/c1-12(11-27)17(24)21-10-6-9-19(21,18(25)26)15(22)13(2)20-16(23)14-7-4-3-5-8-14/h12-14,27H,3-11H2,1-2H3,(H,20,23)(H,25,26)/t12?,13-,19+/m1/s1. The number of likely N-dealkylation sites (tertiary alicyclic amines) is 1. The Morgan fingerprint density at radius 2 is 1.78 bits per heavy atom. The molecule has 0 aromatic heterocycles. The van der Waals surface area contributed by atoms with Gasteiger partial charge in [-0.2, -0.15) is 12.6 Å². The SMILES string of the molecule is CC(CS)C(=O)N1CCC[C@@]1(C(=O)O)C(=O)[C@@H](C)NC(=O)C1CCCCC1. The minimum Gasteiger partial charge on any atom is -0.479 e. The van der Waals surface area contributed by atoms with Crippen molar-refractivity contribution in [2.45, 2.75) is 70.4 Å². The topological polar surface area (TPSA) is 104 Å². The third kappa shape index (κ3) is 4.31. The van der Waals surface area contributed by atoms with Crippen LogP contribution in [-0.2, 0) is 19.2 Å². The van der Waals surface area contributed by atoms with Crippen LogP contribution in [0.1, 0.15) is 58.8 Å². The summed E-state index contributed by atoms with van der Waals surface area (Å²) in [6, 6.07) is -0.963. The van der Waals surface area contributed by atoms with Gasteiger partial charge in [-0.3, -0.25) is 14.4 Å². The molecule has 0 radical (unpaired) electrons. The van der Waals surface area contributed by atoms with E-state index in [4.69, 9.17) is 0 Å². The average Bonchev–Trinajstić information content (AvgIpc) is 3.12. The molecule has 2 fully saturated rings. The molecule has 2 rings (SSSR count). The normalized spacial score (nSPS) is 25.7. The zero-order chi connectivity index (χ0) is 20.2. The van der Waals surface area contributed by atoms with Crippen LogP contribution in [0.15, 0.2) is 0 Å². The van der Waals surface area contributed by atoms with Crippen LogP contribution in [-0.4, -0.2) is 57.5 Å². The molecular weight excluding hydrogens is 368 g/mol. The Hall–Kier alpha value is -1.57. The molecule has 3 atom stereocenters. The van der Waals surface area contributed by atoms with Gasteiger partial charge in [0.25, 0.3) is 0 Å². The van der Waals surface area contributed by atoms with Crippen molar-refractivity contribution in [2.24, 2.45) is 11.8 Å². The molecule has 1 saturated carbocycles. The Morgan fingerprint density at radius 3 is 2.33 bits per heavy atom. The molecule has 0 aromatic rings. The molecule has 152 valence electrons. The summed E-state index contributed by atoms with van der Waals surface area (Å²) in [5, 5.41) is 12.6. The van der Waals surface area contributed by atoms with E-state index in [9.17, 15) is 24.3 Å². The summed E-state index contributed by atoms with van der Waals surface area (Å²) in [5.41, 5.74) is -1.91. The molecule has 2 aliphatic rings. The first-order valence-corrected chi connectivity index (χ1v) is 10.4. The second kappa shape index (κ2) is 9.08. The van der Waals surface area contributed by atoms with Crippen molar-refractivity contribution in [3.05, 3.63) is 0 Å². The van der Waals surface area contributed by atoms with Crippen molar-refractivity contribution in [2.75, 3.05) is 12.3 Å². The van der Waals surface area contributed by atoms with Crippen molar-refractivity contribution < 1.29 is 24.3 Å². The summed E-state index contributed by atoms with van der Waals surface area (Å²) in [6.07, 6.45) is 5.18. The van der Waals surface area contributed by atoms with E-state index in [1.54, 1.807) is 6.92 Å². The van der Waals surface area contributed by atoms with Crippen molar-refractivity contribution in [1.29, 1.82) is 0 Å². The minimum absolute atomic E-state index is 0.0653. The predicted molar refractivity (Wildman–Crippen MR) is 104 cm³/mol. The Morgan fingerprint density at radius 1 is 1.15 bits per heavy atom. The lowest BCUT2D eigenvalue weighted by atomic mass is 9.85. The predicted octanol–water partition coefficient (Wildman–Crippen LogP) is 1.65. The molecule has 0 spiro atoms. The molecule has 7 nitrogen and oxygen atoms in total. The van der Waals surface area contributed by atoms with Crippen LogP contribution >= 0.6 is 12.6 Å². The molecule has 27 heavy (non-hydrogen) atoms. The fraction of sp³-hybridized carbons (Fsp3) is 0.789. The van der Waals surface area contributed by atoms with Gasteiger partial charge in [0.05, 0.1) is 6.04 Å². The number of carboxylic acid groups (broad SMARTS) is 1. The quantitative estimate of drug-likeness (QED) is 0.447. The molecular formula is C19H30N2O5S. The van der Waals surface area contributed by atoms with Crippen LogP contribution in [0.4, 0.5) is 0 Å². The van der Waals surface area contributed by atoms with Crippen LogP contribution in [0.5, 0.6) is 0 Å².